The molecule has 0 spiro atoms. The third-order valence-corrected chi connectivity index (χ3v) is 5.93. The van der Waals surface area contributed by atoms with Crippen molar-refractivity contribution in [2.24, 2.45) is 0 Å². The maximum atomic E-state index is 9.98. The van der Waals surface area contributed by atoms with Crippen LogP contribution in [-0.2, 0) is 6.42 Å². The van der Waals surface area contributed by atoms with Crippen LogP contribution in [0.3, 0.4) is 0 Å². The molecule has 0 bridgehead atoms. The van der Waals surface area contributed by atoms with Gasteiger partial charge in [-0.2, -0.15) is 4.52 Å². The molecule has 1 saturated carbocycles. The van der Waals surface area contributed by atoms with Gasteiger partial charge >= 0.3 is 0 Å². The normalized spacial score (nSPS) is 19.0. The highest BCUT2D eigenvalue weighted by Crippen LogP contribution is 2.46. The fourth-order valence-electron chi connectivity index (χ4n) is 4.33. The predicted octanol–water partition coefficient (Wildman–Crippen LogP) is 3.24. The number of para-hydroxylation sites is 1. The number of nitrogen functional groups attached to an aromatic ring is 1. The van der Waals surface area contributed by atoms with Crippen molar-refractivity contribution in [2.75, 3.05) is 12.8 Å². The number of methoxy groups -OCH3 is 1. The van der Waals surface area contributed by atoms with E-state index in [0.29, 0.717) is 35.2 Å². The van der Waals surface area contributed by atoms with Gasteiger partial charge in [0.05, 0.1) is 12.7 Å². The fourth-order valence-corrected chi connectivity index (χ4v) is 4.33. The molecule has 1 aliphatic carbocycles. The molecule has 3 N–H and O–H groups in total. The number of fused-ring (bicyclic) bond motifs is 3. The van der Waals surface area contributed by atoms with Crippen LogP contribution in [-0.4, -0.2) is 42.4 Å². The highest BCUT2D eigenvalue weighted by Gasteiger charge is 2.35. The molecule has 5 rings (SSSR count). The van der Waals surface area contributed by atoms with Crippen LogP contribution < -0.4 is 10.5 Å². The number of pyridine rings is 1. The smallest absolute Gasteiger partial charge is 0.223 e. The third-order valence-electron chi connectivity index (χ3n) is 5.93. The molecule has 160 valence electrons. The van der Waals surface area contributed by atoms with Crippen LogP contribution >= 0.6 is 0 Å². The highest BCUT2D eigenvalue weighted by molar-refractivity contribution is 5.95. The minimum atomic E-state index is -0.732. The van der Waals surface area contributed by atoms with Gasteiger partial charge in [0.1, 0.15) is 11.3 Å². The maximum Gasteiger partial charge on any atom is 0.223 e. The van der Waals surface area contributed by atoms with Crippen molar-refractivity contribution in [1.82, 2.24) is 24.6 Å². The summed E-state index contributed by atoms with van der Waals surface area (Å²) in [6.07, 6.45) is 4.36. The van der Waals surface area contributed by atoms with Crippen molar-refractivity contribution >= 4 is 22.5 Å². The van der Waals surface area contributed by atoms with Crippen LogP contribution in [0, 0.1) is 0 Å². The summed E-state index contributed by atoms with van der Waals surface area (Å²) in [5.41, 5.74) is 8.94. The lowest BCUT2D eigenvalue weighted by atomic mass is 9.72. The molecule has 4 aromatic rings. The van der Waals surface area contributed by atoms with Gasteiger partial charge in [0, 0.05) is 35.5 Å². The van der Waals surface area contributed by atoms with E-state index >= 15 is 0 Å². The molecule has 1 aliphatic rings. The number of rotatable bonds is 5. The second-order valence-electron chi connectivity index (χ2n) is 8.98. The minimum Gasteiger partial charge on any atom is -0.494 e. The van der Waals surface area contributed by atoms with Gasteiger partial charge in [-0.1, -0.05) is 12.1 Å². The first-order chi connectivity index (χ1) is 14.8. The molecule has 0 amide bonds. The Labute approximate surface area is 180 Å². The van der Waals surface area contributed by atoms with Crippen molar-refractivity contribution in [3.8, 4) is 5.75 Å². The second kappa shape index (κ2) is 7.16. The first kappa shape index (κ1) is 19.7. The zero-order chi connectivity index (χ0) is 21.8. The molecule has 0 saturated heterocycles. The lowest BCUT2D eigenvalue weighted by Gasteiger charge is -2.33. The van der Waals surface area contributed by atoms with E-state index in [2.05, 4.69) is 27.2 Å². The van der Waals surface area contributed by atoms with E-state index in [-0.39, 0.29) is 5.92 Å². The van der Waals surface area contributed by atoms with Gasteiger partial charge in [-0.25, -0.2) is 9.97 Å². The monoisotopic (exact) mass is 418 g/mol. The molecule has 1 fully saturated rings. The fraction of sp³-hybridized carbons (Fsp3) is 0.391. The summed E-state index contributed by atoms with van der Waals surface area (Å²) in [6.45, 7) is 3.61. The Kier molecular flexibility index (Phi) is 4.55. The summed E-state index contributed by atoms with van der Waals surface area (Å²) >= 11 is 0. The molecule has 0 radical (unpaired) electrons. The Morgan fingerprint density at radius 3 is 2.65 bits per heavy atom. The molecule has 8 nitrogen and oxygen atoms in total. The molecule has 0 atom stereocenters. The first-order valence-electron chi connectivity index (χ1n) is 10.5. The van der Waals surface area contributed by atoms with Crippen LogP contribution in [0.5, 0.6) is 5.75 Å². The first-order valence-corrected chi connectivity index (χ1v) is 10.5. The SMILES string of the molecule is COc1cccc2c1nc(N)n1nc([C@H]3C[C@@H](c4ccc(CC(C)(C)O)cn4)C3)nc21. The lowest BCUT2D eigenvalue weighted by molar-refractivity contribution is 0.0809. The second-order valence-corrected chi connectivity index (χ2v) is 8.98. The summed E-state index contributed by atoms with van der Waals surface area (Å²) in [4.78, 5) is 13.9. The van der Waals surface area contributed by atoms with E-state index in [1.165, 1.54) is 0 Å². The number of aromatic nitrogens is 5. The molecule has 3 aromatic heterocycles. The molecular formula is C23H26N6O2. The molecule has 8 heteroatoms. The van der Waals surface area contributed by atoms with E-state index in [1.807, 2.05) is 24.4 Å². The van der Waals surface area contributed by atoms with Crippen molar-refractivity contribution in [1.29, 1.82) is 0 Å². The molecule has 0 unspecified atom stereocenters. The van der Waals surface area contributed by atoms with Gasteiger partial charge in [0.2, 0.25) is 5.95 Å². The number of nitrogens with two attached hydrogens (primary N) is 1. The lowest BCUT2D eigenvalue weighted by Crippen LogP contribution is -2.23. The zero-order valence-corrected chi connectivity index (χ0v) is 17.9. The Bertz CT molecular complexity index is 1250. The summed E-state index contributed by atoms with van der Waals surface area (Å²) in [6, 6.07) is 9.86. The van der Waals surface area contributed by atoms with Crippen molar-refractivity contribution < 1.29 is 9.84 Å². The summed E-state index contributed by atoms with van der Waals surface area (Å²) in [7, 11) is 1.62. The van der Waals surface area contributed by atoms with E-state index in [1.54, 1.807) is 25.5 Å². The molecule has 31 heavy (non-hydrogen) atoms. The Morgan fingerprint density at radius 1 is 1.16 bits per heavy atom. The Balaban J connectivity index is 1.37. The quantitative estimate of drug-likeness (QED) is 0.512. The number of hydrogen-bond acceptors (Lipinski definition) is 7. The number of ether oxygens (including phenoxy) is 1. The Morgan fingerprint density at radius 2 is 1.97 bits per heavy atom. The van der Waals surface area contributed by atoms with Gasteiger partial charge in [0.25, 0.3) is 0 Å². The number of aliphatic hydroxyl groups is 1. The van der Waals surface area contributed by atoms with E-state index in [4.69, 9.17) is 15.5 Å². The summed E-state index contributed by atoms with van der Waals surface area (Å²) in [5, 5.41) is 15.5. The third kappa shape index (κ3) is 3.57. The predicted molar refractivity (Wildman–Crippen MR) is 118 cm³/mol. The number of hydrogen-bond donors (Lipinski definition) is 2. The van der Waals surface area contributed by atoms with Gasteiger partial charge < -0.3 is 15.6 Å². The van der Waals surface area contributed by atoms with E-state index < -0.39 is 5.60 Å². The van der Waals surface area contributed by atoms with Gasteiger partial charge in [-0.05, 0) is 50.5 Å². The van der Waals surface area contributed by atoms with Crippen molar-refractivity contribution in [2.45, 2.75) is 50.5 Å². The molecular weight excluding hydrogens is 392 g/mol. The summed E-state index contributed by atoms with van der Waals surface area (Å²) < 4.78 is 7.04. The van der Waals surface area contributed by atoms with E-state index in [0.717, 1.165) is 35.3 Å². The van der Waals surface area contributed by atoms with Crippen LogP contribution in [0.25, 0.3) is 16.6 Å². The zero-order valence-electron chi connectivity index (χ0n) is 17.9. The average Bonchev–Trinajstić information content (AvgIpc) is 3.12. The summed E-state index contributed by atoms with van der Waals surface area (Å²) in [5.74, 6) is 2.41. The number of benzene rings is 1. The largest absolute Gasteiger partial charge is 0.494 e. The van der Waals surface area contributed by atoms with Gasteiger partial charge in [0.15, 0.2) is 11.5 Å². The van der Waals surface area contributed by atoms with Crippen LogP contribution in [0.15, 0.2) is 36.5 Å². The average molecular weight is 419 g/mol. The Hall–Kier alpha value is -3.26. The van der Waals surface area contributed by atoms with Gasteiger partial charge in [-0.15, -0.1) is 5.10 Å². The van der Waals surface area contributed by atoms with Crippen LogP contribution in [0.1, 0.15) is 55.6 Å². The molecule has 1 aromatic carbocycles. The number of nitrogens with zero attached hydrogens (tertiary/aromatic N) is 5. The van der Waals surface area contributed by atoms with Crippen LogP contribution in [0.4, 0.5) is 5.95 Å². The van der Waals surface area contributed by atoms with Gasteiger partial charge in [-0.3, -0.25) is 4.98 Å². The molecule has 3 heterocycles. The number of anilines is 1. The van der Waals surface area contributed by atoms with Crippen molar-refractivity contribution in [3.05, 3.63) is 53.6 Å². The van der Waals surface area contributed by atoms with Crippen molar-refractivity contribution in [3.63, 3.8) is 0 Å². The highest BCUT2D eigenvalue weighted by atomic mass is 16.5. The van der Waals surface area contributed by atoms with E-state index in [9.17, 15) is 5.11 Å². The maximum absolute atomic E-state index is 9.98. The topological polar surface area (TPSA) is 111 Å². The standard InChI is InChI=1S/C23H26N6O2/c1-23(2,30)11-13-7-8-17(25-12-13)14-9-15(10-14)20-27-21-16-5-4-6-18(31-3)19(16)26-22(24)29(21)28-20/h4-8,12,14-15,30H,9-11H2,1-3H3,(H2,24,26)/t14-,15+. The minimum absolute atomic E-state index is 0.266. The van der Waals surface area contributed by atoms with Crippen LogP contribution in [0.2, 0.25) is 0 Å². The molecule has 0 aliphatic heterocycles.